The first kappa shape index (κ1) is 37.4. The third-order valence-corrected chi connectivity index (χ3v) is 11.5. The van der Waals surface area contributed by atoms with Gasteiger partial charge in [-0.1, -0.05) is 37.3 Å². The Morgan fingerprint density at radius 3 is 2.60 bits per heavy atom. The molecule has 53 heavy (non-hydrogen) atoms. The average molecular weight is 773 g/mol. The van der Waals surface area contributed by atoms with Crippen molar-refractivity contribution in [1.82, 2.24) is 39.2 Å². The SMILES string of the molecule is Cc1nnc(-c2cnc3c(c2)nc(CN2CCc4cc(C(F)(F)F)c(OCc5ccc(Cl)cc5F)nc4C2)n3C[C@@H]2CCO2)n1COCC[Si](C)(C)C. The molecule has 4 aromatic heterocycles. The lowest BCUT2D eigenvalue weighted by atomic mass is 10.0. The molecule has 7 rings (SSSR count). The number of alkyl halides is 3. The summed E-state index contributed by atoms with van der Waals surface area (Å²) in [4.78, 5) is 16.3. The standard InChI is InChI=1S/C36H41ClF4N8O3Si/c1-22-45-46-33(49(22)21-50-11-12-53(2,3)4)25-14-30-34(42-16-25)48(17-27-8-10-51-27)32(43-30)19-47-9-7-23-13-28(36(39,40)41)35(44-31(23)18-47)52-20-24-5-6-26(37)15-29(24)38/h5-6,13-16,27H,7-12,17-21H2,1-4H3/t27-/m0/s1. The summed E-state index contributed by atoms with van der Waals surface area (Å²) < 4.78 is 78.1. The van der Waals surface area contributed by atoms with Crippen LogP contribution >= 0.6 is 11.6 Å². The van der Waals surface area contributed by atoms with Crippen molar-refractivity contribution < 1.29 is 31.8 Å². The zero-order valence-electron chi connectivity index (χ0n) is 30.0. The van der Waals surface area contributed by atoms with Crippen LogP contribution in [0.4, 0.5) is 17.6 Å². The molecule has 0 spiro atoms. The molecule has 0 amide bonds. The summed E-state index contributed by atoms with van der Waals surface area (Å²) in [5.41, 5.74) is 2.16. The molecule has 282 valence electrons. The smallest absolute Gasteiger partial charge is 0.421 e. The van der Waals surface area contributed by atoms with Crippen LogP contribution in [0.25, 0.3) is 22.6 Å². The van der Waals surface area contributed by atoms with E-state index in [1.165, 1.54) is 12.1 Å². The third-order valence-electron chi connectivity index (χ3n) is 9.53. The van der Waals surface area contributed by atoms with E-state index in [0.29, 0.717) is 74.2 Å². The second kappa shape index (κ2) is 15.0. The van der Waals surface area contributed by atoms with Gasteiger partial charge in [-0.25, -0.2) is 19.3 Å². The predicted octanol–water partition coefficient (Wildman–Crippen LogP) is 7.44. The minimum atomic E-state index is -4.71. The molecule has 0 saturated carbocycles. The number of hydrogen-bond donors (Lipinski definition) is 0. The number of rotatable bonds is 13. The normalized spacial score (nSPS) is 16.6. The van der Waals surface area contributed by atoms with E-state index in [4.69, 9.17) is 35.8 Å². The number of pyridine rings is 2. The molecule has 0 bridgehead atoms. The quantitative estimate of drug-likeness (QED) is 0.0686. The van der Waals surface area contributed by atoms with Crippen LogP contribution < -0.4 is 4.74 Å². The maximum Gasteiger partial charge on any atom is 0.421 e. The Labute approximate surface area is 310 Å². The van der Waals surface area contributed by atoms with Gasteiger partial charge in [-0.15, -0.1) is 10.2 Å². The van der Waals surface area contributed by atoms with Gasteiger partial charge in [0.2, 0.25) is 5.88 Å². The Morgan fingerprint density at radius 2 is 1.89 bits per heavy atom. The van der Waals surface area contributed by atoms with E-state index in [9.17, 15) is 17.6 Å². The van der Waals surface area contributed by atoms with E-state index in [1.54, 1.807) is 6.20 Å². The van der Waals surface area contributed by atoms with Crippen molar-refractivity contribution in [2.75, 3.05) is 19.8 Å². The summed E-state index contributed by atoms with van der Waals surface area (Å²) in [6.45, 7) is 11.8. The number of hydrogen-bond acceptors (Lipinski definition) is 9. The zero-order chi connectivity index (χ0) is 37.5. The number of ether oxygens (including phenoxy) is 3. The first-order valence-corrected chi connectivity index (χ1v) is 21.6. The van der Waals surface area contributed by atoms with Crippen LogP contribution in [0.5, 0.6) is 5.88 Å². The van der Waals surface area contributed by atoms with Crippen LogP contribution in [-0.2, 0) is 55.0 Å². The van der Waals surface area contributed by atoms with Gasteiger partial charge < -0.3 is 18.8 Å². The minimum absolute atomic E-state index is 0.0291. The van der Waals surface area contributed by atoms with Crippen molar-refractivity contribution in [2.24, 2.45) is 0 Å². The first-order chi connectivity index (χ1) is 25.2. The second-order valence-electron chi connectivity index (χ2n) is 14.8. The van der Waals surface area contributed by atoms with Crippen molar-refractivity contribution >= 4 is 30.8 Å². The predicted molar refractivity (Wildman–Crippen MR) is 193 cm³/mol. The Balaban J connectivity index is 1.13. The number of benzene rings is 1. The van der Waals surface area contributed by atoms with E-state index in [-0.39, 0.29) is 23.2 Å². The summed E-state index contributed by atoms with van der Waals surface area (Å²) >= 11 is 5.84. The molecule has 0 aliphatic carbocycles. The third kappa shape index (κ3) is 8.56. The molecule has 5 aromatic rings. The monoisotopic (exact) mass is 772 g/mol. The lowest BCUT2D eigenvalue weighted by molar-refractivity contribution is -0.139. The maximum absolute atomic E-state index is 14.4. The molecular weight excluding hydrogens is 732 g/mol. The topological polar surface area (TPSA) is 105 Å². The molecule has 0 radical (unpaired) electrons. The van der Waals surface area contributed by atoms with Crippen LogP contribution in [0.2, 0.25) is 30.7 Å². The summed E-state index contributed by atoms with van der Waals surface area (Å²) in [5.74, 6) is 0.845. The first-order valence-electron chi connectivity index (χ1n) is 17.6. The Hall–Kier alpha value is -3.96. The highest BCUT2D eigenvalue weighted by molar-refractivity contribution is 6.76. The van der Waals surface area contributed by atoms with Crippen LogP contribution in [0.3, 0.4) is 0 Å². The molecule has 0 N–H and O–H groups in total. The number of aryl methyl sites for hydroxylation is 1. The second-order valence-corrected chi connectivity index (χ2v) is 20.8. The fourth-order valence-electron chi connectivity index (χ4n) is 6.34. The molecule has 11 nitrogen and oxygen atoms in total. The fraction of sp³-hybridized carbons (Fsp3) is 0.472. The number of imidazole rings is 1. The molecule has 17 heteroatoms. The van der Waals surface area contributed by atoms with Gasteiger partial charge in [0.15, 0.2) is 11.5 Å². The zero-order valence-corrected chi connectivity index (χ0v) is 31.8. The number of fused-ring (bicyclic) bond motifs is 2. The molecule has 2 aliphatic rings. The van der Waals surface area contributed by atoms with E-state index in [1.807, 2.05) is 17.6 Å². The Bertz CT molecular complexity index is 2120. The molecule has 1 fully saturated rings. The van der Waals surface area contributed by atoms with Crippen LogP contribution in [0.1, 0.15) is 40.5 Å². The number of aromatic nitrogens is 7. The van der Waals surface area contributed by atoms with Crippen LogP contribution in [0.15, 0.2) is 36.5 Å². The van der Waals surface area contributed by atoms with E-state index in [2.05, 4.69) is 44.3 Å². The molecule has 2 aliphatic heterocycles. The van der Waals surface area contributed by atoms with Gasteiger partial charge in [-0.05, 0) is 55.6 Å². The van der Waals surface area contributed by atoms with Crippen molar-refractivity contribution in [3.05, 3.63) is 81.4 Å². The number of nitrogens with zero attached hydrogens (tertiary/aromatic N) is 8. The largest absolute Gasteiger partial charge is 0.472 e. The summed E-state index contributed by atoms with van der Waals surface area (Å²) in [6.07, 6.45) is -1.64. The van der Waals surface area contributed by atoms with Gasteiger partial charge in [-0.3, -0.25) is 9.47 Å². The average Bonchev–Trinajstić information content (AvgIpc) is 3.61. The van der Waals surface area contributed by atoms with Gasteiger partial charge in [0, 0.05) is 56.7 Å². The maximum atomic E-state index is 14.4. The summed E-state index contributed by atoms with van der Waals surface area (Å²) in [7, 11) is -1.24. The van der Waals surface area contributed by atoms with E-state index in [0.717, 1.165) is 41.8 Å². The van der Waals surface area contributed by atoms with Crippen molar-refractivity contribution in [1.29, 1.82) is 0 Å². The minimum Gasteiger partial charge on any atom is -0.472 e. The highest BCUT2D eigenvalue weighted by Crippen LogP contribution is 2.38. The Kier molecular flexibility index (Phi) is 10.6. The van der Waals surface area contributed by atoms with Crippen LogP contribution in [0, 0.1) is 12.7 Å². The lowest BCUT2D eigenvalue weighted by Crippen LogP contribution is -2.34. The fourth-order valence-corrected chi connectivity index (χ4v) is 7.25. The van der Waals surface area contributed by atoms with Crippen molar-refractivity contribution in [3.8, 4) is 17.3 Å². The summed E-state index contributed by atoms with van der Waals surface area (Å²) in [6, 6.07) is 8.01. The molecule has 1 saturated heterocycles. The van der Waals surface area contributed by atoms with E-state index >= 15 is 0 Å². The van der Waals surface area contributed by atoms with Gasteiger partial charge in [0.25, 0.3) is 0 Å². The lowest BCUT2D eigenvalue weighted by Gasteiger charge is -2.30. The van der Waals surface area contributed by atoms with Crippen molar-refractivity contribution in [3.63, 3.8) is 0 Å². The highest BCUT2D eigenvalue weighted by atomic mass is 35.5. The van der Waals surface area contributed by atoms with E-state index < -0.39 is 38.1 Å². The highest BCUT2D eigenvalue weighted by Gasteiger charge is 2.37. The molecule has 1 atom stereocenters. The van der Waals surface area contributed by atoms with Gasteiger partial charge >= 0.3 is 6.18 Å². The molecular formula is C36H41ClF4N8O3Si. The van der Waals surface area contributed by atoms with Gasteiger partial charge in [0.05, 0.1) is 24.9 Å². The Morgan fingerprint density at radius 1 is 1.08 bits per heavy atom. The van der Waals surface area contributed by atoms with Gasteiger partial charge in [0.1, 0.15) is 41.9 Å². The van der Waals surface area contributed by atoms with Gasteiger partial charge in [-0.2, -0.15) is 13.2 Å². The molecule has 1 aromatic carbocycles. The number of halogens is 5. The van der Waals surface area contributed by atoms with Crippen LogP contribution in [-0.4, -0.2) is 73.1 Å². The van der Waals surface area contributed by atoms with Crippen molar-refractivity contribution in [2.45, 2.75) is 90.7 Å². The molecule has 6 heterocycles. The summed E-state index contributed by atoms with van der Waals surface area (Å²) in [5, 5.41) is 8.90. The molecule has 0 unspecified atom stereocenters.